The summed E-state index contributed by atoms with van der Waals surface area (Å²) in [6.07, 6.45) is 0. The Morgan fingerprint density at radius 1 is 0.920 bits per heavy atom. The molecular formula is C19H17FN4O. The number of carbonyl (C=O) groups is 1. The van der Waals surface area contributed by atoms with Gasteiger partial charge in [-0.15, -0.1) is 10.2 Å². The number of benzene rings is 2. The first-order valence-electron chi connectivity index (χ1n) is 7.84. The van der Waals surface area contributed by atoms with E-state index >= 15 is 0 Å². The fourth-order valence-electron chi connectivity index (χ4n) is 2.31. The monoisotopic (exact) mass is 336 g/mol. The summed E-state index contributed by atoms with van der Waals surface area (Å²) in [7, 11) is 0. The first-order valence-corrected chi connectivity index (χ1v) is 7.84. The highest BCUT2D eigenvalue weighted by atomic mass is 19.1. The number of aromatic nitrogens is 2. The quantitative estimate of drug-likeness (QED) is 0.738. The molecule has 2 N–H and O–H groups in total. The van der Waals surface area contributed by atoms with Gasteiger partial charge in [-0.05, 0) is 48.9 Å². The number of amides is 1. The van der Waals surface area contributed by atoms with Crippen LogP contribution in [0.2, 0.25) is 0 Å². The average Bonchev–Trinajstić information content (AvgIpc) is 2.64. The molecule has 5 nitrogen and oxygen atoms in total. The van der Waals surface area contributed by atoms with Gasteiger partial charge in [0, 0.05) is 11.6 Å². The summed E-state index contributed by atoms with van der Waals surface area (Å²) in [6.45, 7) is 2.03. The second kappa shape index (κ2) is 7.53. The molecule has 25 heavy (non-hydrogen) atoms. The first-order chi connectivity index (χ1) is 12.1. The van der Waals surface area contributed by atoms with Crippen molar-refractivity contribution < 1.29 is 9.18 Å². The molecule has 0 aliphatic carbocycles. The Kier molecular flexibility index (Phi) is 4.99. The van der Waals surface area contributed by atoms with Crippen LogP contribution >= 0.6 is 0 Å². The van der Waals surface area contributed by atoms with Crippen molar-refractivity contribution in [2.75, 3.05) is 10.6 Å². The van der Waals surface area contributed by atoms with E-state index in [1.807, 2.05) is 37.3 Å². The van der Waals surface area contributed by atoms with Crippen molar-refractivity contribution in [3.63, 3.8) is 0 Å². The maximum absolute atomic E-state index is 12.9. The van der Waals surface area contributed by atoms with Crippen molar-refractivity contribution in [2.24, 2.45) is 0 Å². The standard InChI is InChI=1S/C19H17FN4O/c1-13(14-5-3-2-4-6-14)21-17-11-12-18(24-23-17)22-19(25)15-7-9-16(20)10-8-15/h2-13H,1H3,(H,21,23)(H,22,24,25). The normalized spacial score (nSPS) is 11.6. The second-order valence-electron chi connectivity index (χ2n) is 5.54. The van der Waals surface area contributed by atoms with Crippen LogP contribution in [0.3, 0.4) is 0 Å². The molecule has 1 atom stereocenters. The Labute approximate surface area is 144 Å². The Morgan fingerprint density at radius 2 is 1.56 bits per heavy atom. The van der Waals surface area contributed by atoms with E-state index in [0.717, 1.165) is 5.56 Å². The molecule has 0 saturated heterocycles. The maximum Gasteiger partial charge on any atom is 0.256 e. The summed E-state index contributed by atoms with van der Waals surface area (Å²) < 4.78 is 12.9. The van der Waals surface area contributed by atoms with Gasteiger partial charge in [0.2, 0.25) is 0 Å². The van der Waals surface area contributed by atoms with Gasteiger partial charge in [0.1, 0.15) is 11.6 Å². The lowest BCUT2D eigenvalue weighted by Crippen LogP contribution is -2.14. The smallest absolute Gasteiger partial charge is 0.256 e. The lowest BCUT2D eigenvalue weighted by Gasteiger charge is -2.14. The number of carbonyl (C=O) groups excluding carboxylic acids is 1. The van der Waals surface area contributed by atoms with Gasteiger partial charge in [-0.2, -0.15) is 0 Å². The van der Waals surface area contributed by atoms with Gasteiger partial charge in [0.15, 0.2) is 5.82 Å². The number of rotatable bonds is 5. The van der Waals surface area contributed by atoms with Crippen LogP contribution in [0.5, 0.6) is 0 Å². The molecule has 126 valence electrons. The molecule has 3 rings (SSSR count). The topological polar surface area (TPSA) is 66.9 Å². The van der Waals surface area contributed by atoms with E-state index in [2.05, 4.69) is 20.8 Å². The van der Waals surface area contributed by atoms with Gasteiger partial charge >= 0.3 is 0 Å². The lowest BCUT2D eigenvalue weighted by molar-refractivity contribution is 0.102. The third kappa shape index (κ3) is 4.38. The predicted octanol–water partition coefficient (Wildman–Crippen LogP) is 4.04. The van der Waals surface area contributed by atoms with Gasteiger partial charge in [0.25, 0.3) is 5.91 Å². The van der Waals surface area contributed by atoms with Crippen molar-refractivity contribution in [2.45, 2.75) is 13.0 Å². The SMILES string of the molecule is CC(Nc1ccc(NC(=O)c2ccc(F)cc2)nn1)c1ccccc1. The first kappa shape index (κ1) is 16.6. The molecule has 6 heteroatoms. The summed E-state index contributed by atoms with van der Waals surface area (Å²) >= 11 is 0. The maximum atomic E-state index is 12.9. The third-order valence-electron chi connectivity index (χ3n) is 3.68. The van der Waals surface area contributed by atoms with Crippen LogP contribution in [0.15, 0.2) is 66.7 Å². The number of hydrogen-bond acceptors (Lipinski definition) is 4. The van der Waals surface area contributed by atoms with E-state index in [9.17, 15) is 9.18 Å². The summed E-state index contributed by atoms with van der Waals surface area (Å²) in [5, 5.41) is 13.9. The molecular weight excluding hydrogens is 319 g/mol. The fourth-order valence-corrected chi connectivity index (χ4v) is 2.31. The zero-order chi connectivity index (χ0) is 17.6. The van der Waals surface area contributed by atoms with Crippen molar-refractivity contribution in [1.29, 1.82) is 0 Å². The van der Waals surface area contributed by atoms with Crippen molar-refractivity contribution in [1.82, 2.24) is 10.2 Å². The molecule has 1 aromatic heterocycles. The van der Waals surface area contributed by atoms with E-state index in [4.69, 9.17) is 0 Å². The van der Waals surface area contributed by atoms with Gasteiger partial charge in [-0.1, -0.05) is 30.3 Å². The van der Waals surface area contributed by atoms with Gasteiger partial charge in [-0.25, -0.2) is 4.39 Å². The fraction of sp³-hybridized carbons (Fsp3) is 0.105. The van der Waals surface area contributed by atoms with E-state index in [-0.39, 0.29) is 17.8 Å². The van der Waals surface area contributed by atoms with Crippen molar-refractivity contribution in [3.8, 4) is 0 Å². The summed E-state index contributed by atoms with van der Waals surface area (Å²) in [5.74, 6) is 0.176. The van der Waals surface area contributed by atoms with Crippen LogP contribution in [0.4, 0.5) is 16.0 Å². The van der Waals surface area contributed by atoms with Crippen molar-refractivity contribution in [3.05, 3.63) is 83.7 Å². The largest absolute Gasteiger partial charge is 0.362 e. The van der Waals surface area contributed by atoms with Crippen LogP contribution in [0.1, 0.15) is 28.9 Å². The predicted molar refractivity (Wildman–Crippen MR) is 94.9 cm³/mol. The highest BCUT2D eigenvalue weighted by Crippen LogP contribution is 2.17. The van der Waals surface area contributed by atoms with Crippen molar-refractivity contribution >= 4 is 17.5 Å². The molecule has 0 saturated carbocycles. The van der Waals surface area contributed by atoms with E-state index in [1.165, 1.54) is 24.3 Å². The molecule has 0 bridgehead atoms. The summed E-state index contributed by atoms with van der Waals surface area (Å²) in [4.78, 5) is 12.1. The van der Waals surface area contributed by atoms with E-state index in [1.54, 1.807) is 12.1 Å². The number of hydrogen-bond donors (Lipinski definition) is 2. The minimum Gasteiger partial charge on any atom is -0.362 e. The molecule has 0 fully saturated rings. The molecule has 3 aromatic rings. The van der Waals surface area contributed by atoms with Gasteiger partial charge < -0.3 is 10.6 Å². The molecule has 2 aromatic carbocycles. The number of halogens is 1. The van der Waals surface area contributed by atoms with Crippen LogP contribution in [0, 0.1) is 5.82 Å². The molecule has 1 unspecified atom stereocenters. The molecule has 0 aliphatic heterocycles. The number of nitrogens with one attached hydrogen (secondary N) is 2. The highest BCUT2D eigenvalue weighted by Gasteiger charge is 2.09. The Balaban J connectivity index is 1.62. The average molecular weight is 336 g/mol. The molecule has 0 radical (unpaired) electrons. The summed E-state index contributed by atoms with van der Waals surface area (Å²) in [6, 6.07) is 18.8. The van der Waals surface area contributed by atoms with Gasteiger partial charge in [-0.3, -0.25) is 4.79 Å². The molecule has 1 heterocycles. The highest BCUT2D eigenvalue weighted by molar-refractivity contribution is 6.03. The minimum absolute atomic E-state index is 0.0788. The molecule has 1 amide bonds. The molecule has 0 spiro atoms. The number of anilines is 2. The Bertz CT molecular complexity index is 836. The van der Waals surface area contributed by atoms with Crippen LogP contribution < -0.4 is 10.6 Å². The third-order valence-corrected chi connectivity index (χ3v) is 3.68. The van der Waals surface area contributed by atoms with Gasteiger partial charge in [0.05, 0.1) is 0 Å². The Hall–Kier alpha value is -3.28. The van der Waals surface area contributed by atoms with E-state index < -0.39 is 0 Å². The Morgan fingerprint density at radius 3 is 2.20 bits per heavy atom. The zero-order valence-electron chi connectivity index (χ0n) is 13.6. The van der Waals surface area contributed by atoms with Crippen LogP contribution in [-0.2, 0) is 0 Å². The van der Waals surface area contributed by atoms with Crippen LogP contribution in [0.25, 0.3) is 0 Å². The lowest BCUT2D eigenvalue weighted by atomic mass is 10.1. The second-order valence-corrected chi connectivity index (χ2v) is 5.54. The minimum atomic E-state index is -0.390. The van der Waals surface area contributed by atoms with E-state index in [0.29, 0.717) is 17.2 Å². The summed E-state index contributed by atoms with van der Waals surface area (Å²) in [5.41, 5.74) is 1.49. The van der Waals surface area contributed by atoms with Crippen LogP contribution in [-0.4, -0.2) is 16.1 Å². The molecule has 0 aliphatic rings. The zero-order valence-corrected chi connectivity index (χ0v) is 13.6. The number of nitrogens with zero attached hydrogens (tertiary/aromatic N) is 2.